The molecule has 20 heavy (non-hydrogen) atoms. The number of pyridine rings is 2. The van der Waals surface area contributed by atoms with Gasteiger partial charge in [-0.2, -0.15) is 0 Å². The summed E-state index contributed by atoms with van der Waals surface area (Å²) < 4.78 is 0.989. The van der Waals surface area contributed by atoms with Crippen LogP contribution in [0.5, 0.6) is 0 Å². The average Bonchev–Trinajstić information content (AvgIpc) is 3.01. The predicted molar refractivity (Wildman–Crippen MR) is 84.9 cm³/mol. The Hall–Kier alpha value is -1.62. The fraction of sp³-hybridized carbons (Fsp3) is 0.333. The lowest BCUT2D eigenvalue weighted by Gasteiger charge is -2.17. The molecule has 3 heterocycles. The summed E-state index contributed by atoms with van der Waals surface area (Å²) in [5.74, 6) is 1.97. The molecule has 0 atom stereocenters. The number of nitrogens with zero attached hydrogens (tertiary/aromatic N) is 3. The number of hydrogen-bond donors (Lipinski definition) is 1. The monoisotopic (exact) mass is 332 g/mol. The Morgan fingerprint density at radius 1 is 1.15 bits per heavy atom. The van der Waals surface area contributed by atoms with Gasteiger partial charge < -0.3 is 10.2 Å². The molecule has 0 saturated carbocycles. The van der Waals surface area contributed by atoms with Gasteiger partial charge in [-0.3, -0.25) is 0 Å². The molecule has 0 radical (unpaired) electrons. The molecule has 1 N–H and O–H groups in total. The van der Waals surface area contributed by atoms with Gasteiger partial charge in [0.05, 0.1) is 0 Å². The zero-order valence-corrected chi connectivity index (χ0v) is 12.8. The highest BCUT2D eigenvalue weighted by molar-refractivity contribution is 9.10. The van der Waals surface area contributed by atoms with Gasteiger partial charge in [0.15, 0.2) is 0 Å². The minimum absolute atomic E-state index is 0.762. The Morgan fingerprint density at radius 2 is 2.00 bits per heavy atom. The quantitative estimate of drug-likeness (QED) is 0.930. The van der Waals surface area contributed by atoms with E-state index < -0.39 is 0 Å². The number of hydrogen-bond acceptors (Lipinski definition) is 4. The first-order valence-corrected chi connectivity index (χ1v) is 7.66. The van der Waals surface area contributed by atoms with E-state index in [1.807, 2.05) is 24.4 Å². The van der Waals surface area contributed by atoms with Crippen molar-refractivity contribution in [2.45, 2.75) is 19.4 Å². The maximum atomic E-state index is 4.46. The maximum Gasteiger partial charge on any atom is 0.128 e. The highest BCUT2D eigenvalue weighted by Gasteiger charge is 2.13. The van der Waals surface area contributed by atoms with Gasteiger partial charge in [0.25, 0.3) is 0 Å². The van der Waals surface area contributed by atoms with E-state index >= 15 is 0 Å². The first-order valence-electron chi connectivity index (χ1n) is 6.86. The number of nitrogens with one attached hydrogen (secondary N) is 1. The minimum atomic E-state index is 0.762. The van der Waals surface area contributed by atoms with Crippen LogP contribution >= 0.6 is 15.9 Å². The predicted octanol–water partition coefficient (Wildman–Crippen LogP) is 3.45. The minimum Gasteiger partial charge on any atom is -0.366 e. The van der Waals surface area contributed by atoms with E-state index in [2.05, 4.69) is 42.2 Å². The van der Waals surface area contributed by atoms with Gasteiger partial charge in [0, 0.05) is 36.5 Å². The molecule has 0 unspecified atom stereocenters. The maximum absolute atomic E-state index is 4.46. The molecule has 2 aromatic rings. The van der Waals surface area contributed by atoms with E-state index in [1.165, 1.54) is 18.4 Å². The first kappa shape index (κ1) is 13.4. The molecule has 0 aliphatic carbocycles. The van der Waals surface area contributed by atoms with Crippen molar-refractivity contribution in [3.63, 3.8) is 0 Å². The second kappa shape index (κ2) is 6.22. The molecule has 3 rings (SSSR count). The van der Waals surface area contributed by atoms with E-state index in [0.29, 0.717) is 0 Å². The van der Waals surface area contributed by atoms with Crippen molar-refractivity contribution in [3.05, 3.63) is 46.7 Å². The van der Waals surface area contributed by atoms with Crippen LogP contribution in [0.4, 0.5) is 11.6 Å². The van der Waals surface area contributed by atoms with Gasteiger partial charge in [0.1, 0.15) is 11.6 Å². The summed E-state index contributed by atoms with van der Waals surface area (Å²) in [5, 5.41) is 3.33. The molecule has 2 aromatic heterocycles. The number of rotatable bonds is 4. The van der Waals surface area contributed by atoms with Crippen molar-refractivity contribution in [1.82, 2.24) is 9.97 Å². The SMILES string of the molecule is Brc1ccc(NCc2ccnc(N3CCCC3)c2)nc1. The van der Waals surface area contributed by atoms with Crippen LogP contribution < -0.4 is 10.2 Å². The lowest BCUT2D eigenvalue weighted by Crippen LogP contribution is -2.19. The van der Waals surface area contributed by atoms with Crippen molar-refractivity contribution in [2.24, 2.45) is 0 Å². The average molecular weight is 333 g/mol. The van der Waals surface area contributed by atoms with E-state index in [0.717, 1.165) is 35.7 Å². The van der Waals surface area contributed by atoms with Gasteiger partial charge in [0.2, 0.25) is 0 Å². The summed E-state index contributed by atoms with van der Waals surface area (Å²) >= 11 is 3.38. The van der Waals surface area contributed by atoms with Gasteiger partial charge in [-0.05, 0) is 58.6 Å². The summed E-state index contributed by atoms with van der Waals surface area (Å²) in [6, 6.07) is 8.16. The zero-order valence-electron chi connectivity index (χ0n) is 11.2. The Kier molecular flexibility index (Phi) is 4.16. The molecule has 1 aliphatic rings. The second-order valence-electron chi connectivity index (χ2n) is 4.93. The fourth-order valence-electron chi connectivity index (χ4n) is 2.36. The summed E-state index contributed by atoms with van der Waals surface area (Å²) in [7, 11) is 0. The normalized spacial score (nSPS) is 14.6. The smallest absolute Gasteiger partial charge is 0.128 e. The second-order valence-corrected chi connectivity index (χ2v) is 5.85. The van der Waals surface area contributed by atoms with E-state index in [-0.39, 0.29) is 0 Å². The van der Waals surface area contributed by atoms with Gasteiger partial charge in [-0.15, -0.1) is 0 Å². The zero-order chi connectivity index (χ0) is 13.8. The van der Waals surface area contributed by atoms with Gasteiger partial charge in [-0.25, -0.2) is 9.97 Å². The molecular formula is C15H17BrN4. The van der Waals surface area contributed by atoms with Crippen LogP contribution in [0.2, 0.25) is 0 Å². The van der Waals surface area contributed by atoms with Crippen molar-refractivity contribution in [1.29, 1.82) is 0 Å². The van der Waals surface area contributed by atoms with Crippen LogP contribution in [0, 0.1) is 0 Å². The molecule has 1 fully saturated rings. The van der Waals surface area contributed by atoms with Crippen LogP contribution in [0.1, 0.15) is 18.4 Å². The van der Waals surface area contributed by atoms with Crippen LogP contribution in [0.25, 0.3) is 0 Å². The van der Waals surface area contributed by atoms with E-state index in [1.54, 1.807) is 6.20 Å². The van der Waals surface area contributed by atoms with Crippen LogP contribution in [0.3, 0.4) is 0 Å². The summed E-state index contributed by atoms with van der Waals surface area (Å²) in [6.45, 7) is 3.01. The molecule has 4 nitrogen and oxygen atoms in total. The van der Waals surface area contributed by atoms with Crippen molar-refractivity contribution < 1.29 is 0 Å². The molecule has 0 aromatic carbocycles. The Balaban J connectivity index is 1.65. The molecule has 1 saturated heterocycles. The molecule has 5 heteroatoms. The fourth-order valence-corrected chi connectivity index (χ4v) is 2.60. The largest absolute Gasteiger partial charge is 0.366 e. The van der Waals surface area contributed by atoms with Crippen LogP contribution in [-0.2, 0) is 6.54 Å². The van der Waals surface area contributed by atoms with Crippen molar-refractivity contribution >= 4 is 27.6 Å². The summed E-state index contributed by atoms with van der Waals surface area (Å²) in [4.78, 5) is 11.1. The molecule has 0 spiro atoms. The topological polar surface area (TPSA) is 41.1 Å². The lowest BCUT2D eigenvalue weighted by atomic mass is 10.2. The molecule has 0 bridgehead atoms. The highest BCUT2D eigenvalue weighted by atomic mass is 79.9. The summed E-state index contributed by atoms with van der Waals surface area (Å²) in [5.41, 5.74) is 1.23. The molecule has 1 aliphatic heterocycles. The molecule has 104 valence electrons. The van der Waals surface area contributed by atoms with E-state index in [9.17, 15) is 0 Å². The Morgan fingerprint density at radius 3 is 2.75 bits per heavy atom. The van der Waals surface area contributed by atoms with Gasteiger partial charge >= 0.3 is 0 Å². The third-order valence-corrected chi connectivity index (χ3v) is 3.91. The van der Waals surface area contributed by atoms with Gasteiger partial charge in [-0.1, -0.05) is 0 Å². The first-order chi connectivity index (χ1) is 9.81. The standard InChI is InChI=1S/C15H17BrN4/c16-13-3-4-14(19-11-13)18-10-12-5-6-17-15(9-12)20-7-1-2-8-20/h3-6,9,11H,1-2,7-8,10H2,(H,18,19). The van der Waals surface area contributed by atoms with Crippen molar-refractivity contribution in [3.8, 4) is 0 Å². The van der Waals surface area contributed by atoms with Crippen LogP contribution in [0.15, 0.2) is 41.1 Å². The van der Waals surface area contributed by atoms with E-state index in [4.69, 9.17) is 0 Å². The number of anilines is 2. The Labute approximate surface area is 127 Å². The van der Waals surface area contributed by atoms with Crippen LogP contribution in [-0.4, -0.2) is 23.1 Å². The molecular weight excluding hydrogens is 316 g/mol. The summed E-state index contributed by atoms with van der Waals surface area (Å²) in [6.07, 6.45) is 6.23. The highest BCUT2D eigenvalue weighted by Crippen LogP contribution is 2.19. The Bertz CT molecular complexity index is 564. The lowest BCUT2D eigenvalue weighted by molar-refractivity contribution is 0.931. The van der Waals surface area contributed by atoms with Crippen molar-refractivity contribution in [2.75, 3.05) is 23.3 Å². The molecule has 0 amide bonds. The third-order valence-electron chi connectivity index (χ3n) is 3.44. The number of halogens is 1. The number of aromatic nitrogens is 2. The third kappa shape index (κ3) is 3.28.